The van der Waals surface area contributed by atoms with Crippen LogP contribution in [0.4, 0.5) is 4.39 Å². The van der Waals surface area contributed by atoms with E-state index in [2.05, 4.69) is 19.5 Å². The molecule has 0 bridgehead atoms. The number of hydrogen-bond acceptors (Lipinski definition) is 7. The molecule has 0 radical (unpaired) electrons. The molecule has 1 aromatic rings. The van der Waals surface area contributed by atoms with Crippen molar-refractivity contribution >= 4 is 23.8 Å². The third kappa shape index (κ3) is 4.78. The van der Waals surface area contributed by atoms with E-state index in [1.54, 1.807) is 0 Å². The average Bonchev–Trinajstić information content (AvgIpc) is 2.65. The zero-order valence-corrected chi connectivity index (χ0v) is 14.8. The Hall–Kier alpha value is -2.97. The van der Waals surface area contributed by atoms with Crippen molar-refractivity contribution in [3.05, 3.63) is 35.6 Å². The van der Waals surface area contributed by atoms with E-state index in [0.29, 0.717) is 0 Å². The summed E-state index contributed by atoms with van der Waals surface area (Å²) >= 11 is 0. The molecule has 0 aliphatic carbocycles. The summed E-state index contributed by atoms with van der Waals surface area (Å²) < 4.78 is 27.5. The molecule has 0 aromatic heterocycles. The lowest BCUT2D eigenvalue weighted by molar-refractivity contribution is -0.163. The molecule has 9 heteroatoms. The van der Waals surface area contributed by atoms with Crippen LogP contribution in [0.1, 0.15) is 17.3 Å². The zero-order chi connectivity index (χ0) is 19.9. The Labute approximate surface area is 149 Å². The van der Waals surface area contributed by atoms with Gasteiger partial charge in [-0.3, -0.25) is 14.4 Å². The molecule has 0 saturated carbocycles. The Morgan fingerprint density at radius 1 is 0.923 bits per heavy atom. The van der Waals surface area contributed by atoms with Gasteiger partial charge in [0.15, 0.2) is 5.92 Å². The van der Waals surface area contributed by atoms with Crippen molar-refractivity contribution in [3.63, 3.8) is 0 Å². The molecule has 1 amide bonds. The first-order valence-corrected chi connectivity index (χ1v) is 7.57. The molecule has 26 heavy (non-hydrogen) atoms. The standard InChI is InChI=1S/C17H20FNO7/c1-9(12(15(21)24-2)16(22)25-3)13(17(23)26-4)19-14(20)10-7-5-6-8-11(10)18/h5-9,12-13H,1-4H3,(H,19,20)/t9-,13-/m1/s1. The minimum absolute atomic E-state index is 0.304. The van der Waals surface area contributed by atoms with Crippen molar-refractivity contribution < 1.29 is 37.8 Å². The van der Waals surface area contributed by atoms with Gasteiger partial charge in [-0.15, -0.1) is 0 Å². The molecule has 0 unspecified atom stereocenters. The topological polar surface area (TPSA) is 108 Å². The van der Waals surface area contributed by atoms with Crippen LogP contribution in [0.5, 0.6) is 0 Å². The van der Waals surface area contributed by atoms with Crippen molar-refractivity contribution in [2.75, 3.05) is 21.3 Å². The van der Waals surface area contributed by atoms with Crippen molar-refractivity contribution in [1.82, 2.24) is 5.32 Å². The third-order valence-corrected chi connectivity index (χ3v) is 3.82. The second-order valence-corrected chi connectivity index (χ2v) is 5.34. The van der Waals surface area contributed by atoms with E-state index in [-0.39, 0.29) is 5.56 Å². The zero-order valence-electron chi connectivity index (χ0n) is 14.8. The molecule has 1 aromatic carbocycles. The van der Waals surface area contributed by atoms with Gasteiger partial charge in [0.2, 0.25) is 0 Å². The molecule has 0 spiro atoms. The average molecular weight is 369 g/mol. The fraction of sp³-hybridized carbons (Fsp3) is 0.412. The summed E-state index contributed by atoms with van der Waals surface area (Å²) in [6.45, 7) is 1.36. The Morgan fingerprint density at radius 2 is 1.42 bits per heavy atom. The van der Waals surface area contributed by atoms with Gasteiger partial charge in [0, 0.05) is 5.92 Å². The van der Waals surface area contributed by atoms with Gasteiger partial charge < -0.3 is 19.5 Å². The fourth-order valence-electron chi connectivity index (χ4n) is 2.37. The summed E-state index contributed by atoms with van der Waals surface area (Å²) in [5.41, 5.74) is -0.304. The smallest absolute Gasteiger partial charge is 0.328 e. The molecule has 142 valence electrons. The molecule has 8 nitrogen and oxygen atoms in total. The third-order valence-electron chi connectivity index (χ3n) is 3.82. The number of esters is 3. The van der Waals surface area contributed by atoms with Gasteiger partial charge in [0.25, 0.3) is 5.91 Å². The minimum Gasteiger partial charge on any atom is -0.468 e. The quantitative estimate of drug-likeness (QED) is 0.428. The van der Waals surface area contributed by atoms with E-state index < -0.39 is 47.5 Å². The summed E-state index contributed by atoms with van der Waals surface area (Å²) in [5, 5.41) is 2.29. The Bertz CT molecular complexity index is 675. The maximum atomic E-state index is 13.8. The highest BCUT2D eigenvalue weighted by molar-refractivity contribution is 5.99. The summed E-state index contributed by atoms with van der Waals surface area (Å²) in [4.78, 5) is 48.3. The van der Waals surface area contributed by atoms with E-state index in [9.17, 15) is 23.6 Å². The molecule has 0 aliphatic heterocycles. The van der Waals surface area contributed by atoms with Gasteiger partial charge >= 0.3 is 17.9 Å². The number of rotatable bonds is 7. The van der Waals surface area contributed by atoms with Crippen molar-refractivity contribution in [2.45, 2.75) is 13.0 Å². The summed E-state index contributed by atoms with van der Waals surface area (Å²) in [6, 6.07) is 3.73. The van der Waals surface area contributed by atoms with Crippen LogP contribution < -0.4 is 5.32 Å². The molecular weight excluding hydrogens is 349 g/mol. The molecule has 1 N–H and O–H groups in total. The van der Waals surface area contributed by atoms with E-state index >= 15 is 0 Å². The van der Waals surface area contributed by atoms with Crippen LogP contribution in [-0.2, 0) is 28.6 Å². The number of nitrogens with one attached hydrogen (secondary N) is 1. The number of carbonyl (C=O) groups excluding carboxylic acids is 4. The van der Waals surface area contributed by atoms with Crippen LogP contribution in [0.3, 0.4) is 0 Å². The number of amides is 1. The highest BCUT2D eigenvalue weighted by atomic mass is 19.1. The predicted octanol–water partition coefficient (Wildman–Crippen LogP) is 0.695. The minimum atomic E-state index is -1.49. The maximum Gasteiger partial charge on any atom is 0.328 e. The van der Waals surface area contributed by atoms with E-state index in [1.807, 2.05) is 0 Å². The first-order valence-electron chi connectivity index (χ1n) is 7.57. The second-order valence-electron chi connectivity index (χ2n) is 5.34. The number of hydrogen-bond donors (Lipinski definition) is 1. The highest BCUT2D eigenvalue weighted by Crippen LogP contribution is 2.21. The monoisotopic (exact) mass is 369 g/mol. The first kappa shape index (κ1) is 21.1. The van der Waals surface area contributed by atoms with Crippen LogP contribution in [0.2, 0.25) is 0 Å². The van der Waals surface area contributed by atoms with Crippen molar-refractivity contribution in [3.8, 4) is 0 Å². The summed E-state index contributed by atoms with van der Waals surface area (Å²) in [7, 11) is 3.20. The number of methoxy groups -OCH3 is 3. The number of halogens is 1. The SMILES string of the molecule is COC(=O)C(C(=O)OC)[C@@H](C)[C@@H](NC(=O)c1ccccc1F)C(=O)OC. The summed E-state index contributed by atoms with van der Waals surface area (Å²) in [5.74, 6) is -7.08. The van der Waals surface area contributed by atoms with Gasteiger partial charge in [-0.1, -0.05) is 19.1 Å². The van der Waals surface area contributed by atoms with Crippen LogP contribution in [-0.4, -0.2) is 51.2 Å². The molecule has 1 rings (SSSR count). The van der Waals surface area contributed by atoms with Gasteiger partial charge in [0.05, 0.1) is 26.9 Å². The summed E-state index contributed by atoms with van der Waals surface area (Å²) in [6.07, 6.45) is 0. The molecule has 0 fully saturated rings. The number of ether oxygens (including phenoxy) is 3. The van der Waals surface area contributed by atoms with E-state index in [4.69, 9.17) is 0 Å². The lowest BCUT2D eigenvalue weighted by atomic mass is 9.87. The molecule has 0 saturated heterocycles. The number of carbonyl (C=O) groups is 4. The predicted molar refractivity (Wildman–Crippen MR) is 86.4 cm³/mol. The highest BCUT2D eigenvalue weighted by Gasteiger charge is 2.42. The van der Waals surface area contributed by atoms with E-state index in [0.717, 1.165) is 27.4 Å². The van der Waals surface area contributed by atoms with Crippen LogP contribution in [0.15, 0.2) is 24.3 Å². The van der Waals surface area contributed by atoms with E-state index in [1.165, 1.54) is 25.1 Å². The lowest BCUT2D eigenvalue weighted by Crippen LogP contribution is -2.51. The van der Waals surface area contributed by atoms with Crippen LogP contribution in [0, 0.1) is 17.7 Å². The Kier molecular flexibility index (Phi) is 7.70. The normalized spacial score (nSPS) is 12.7. The molecule has 0 heterocycles. The fourth-order valence-corrected chi connectivity index (χ4v) is 2.37. The van der Waals surface area contributed by atoms with Crippen LogP contribution >= 0.6 is 0 Å². The van der Waals surface area contributed by atoms with Gasteiger partial charge in [-0.05, 0) is 12.1 Å². The van der Waals surface area contributed by atoms with Gasteiger partial charge in [0.1, 0.15) is 11.9 Å². The molecule has 0 aliphatic rings. The van der Waals surface area contributed by atoms with Crippen molar-refractivity contribution in [2.24, 2.45) is 11.8 Å². The molecule has 2 atom stereocenters. The van der Waals surface area contributed by atoms with Crippen molar-refractivity contribution in [1.29, 1.82) is 0 Å². The lowest BCUT2D eigenvalue weighted by Gasteiger charge is -2.27. The van der Waals surface area contributed by atoms with Gasteiger partial charge in [-0.25, -0.2) is 9.18 Å². The van der Waals surface area contributed by atoms with Crippen LogP contribution in [0.25, 0.3) is 0 Å². The number of benzene rings is 1. The second kappa shape index (κ2) is 9.50. The first-order chi connectivity index (χ1) is 12.3. The maximum absolute atomic E-state index is 13.8. The Morgan fingerprint density at radius 3 is 1.88 bits per heavy atom. The molecular formula is C17H20FNO7. The Balaban J connectivity index is 3.17. The largest absolute Gasteiger partial charge is 0.468 e. The van der Waals surface area contributed by atoms with Gasteiger partial charge in [-0.2, -0.15) is 0 Å².